The van der Waals surface area contributed by atoms with Crippen LogP contribution < -0.4 is 28.7 Å². The van der Waals surface area contributed by atoms with Gasteiger partial charge in [-0.05, 0) is 306 Å². The molecule has 11 heterocycles. The fraction of sp³-hybridized carbons (Fsp3) is 0.294. The van der Waals surface area contributed by atoms with Crippen molar-refractivity contribution < 1.29 is 28.9 Å². The summed E-state index contributed by atoms with van der Waals surface area (Å²) in [6.07, 6.45) is 29.3. The molecule has 15 aromatic rings. The molecule has 0 unspecified atom stereocenters. The Kier molecular flexibility index (Phi) is 21.9. The van der Waals surface area contributed by atoms with Crippen LogP contribution in [0.2, 0.25) is 0 Å². The number of fused-ring (bicyclic) bond motifs is 15. The van der Waals surface area contributed by atoms with Gasteiger partial charge in [0.15, 0.2) is 28.5 Å². The van der Waals surface area contributed by atoms with E-state index in [-0.39, 0.29) is 63.0 Å². The minimum Gasteiger partial charge on any atom is -0.364 e. The first-order valence-corrected chi connectivity index (χ1v) is 53.2. The molecule has 0 spiro atoms. The molecule has 748 valence electrons. The van der Waals surface area contributed by atoms with Crippen LogP contribution in [-0.2, 0) is 27.1 Å². The summed E-state index contributed by atoms with van der Waals surface area (Å²) in [5.74, 6) is 1.77. The van der Waals surface area contributed by atoms with Crippen LogP contribution in [0.3, 0.4) is 0 Å². The maximum Gasteiger partial charge on any atom is 0.278 e. The Bertz CT molecular complexity index is 8060. The van der Waals surface area contributed by atoms with Crippen LogP contribution in [0.4, 0.5) is 5.69 Å². The Morgan fingerprint density at radius 3 is 0.807 bits per heavy atom. The molecule has 5 atom stereocenters. The molecule has 9 aromatic carbocycles. The lowest BCUT2D eigenvalue weighted by Crippen LogP contribution is -2.55. The van der Waals surface area contributed by atoms with Gasteiger partial charge < -0.3 is 28.7 Å². The van der Waals surface area contributed by atoms with Crippen LogP contribution in [0.15, 0.2) is 284 Å². The van der Waals surface area contributed by atoms with Crippen molar-refractivity contribution in [2.75, 3.05) is 0 Å². The van der Waals surface area contributed by atoms with E-state index in [1.165, 1.54) is 130 Å². The SMILES string of the molecule is C[C@@H]1N=C(c2ccccc2Br)c2cc(C34CC(C3)C4)ccc2-n2cnc(C(N)=O)c21.C[C@@H]1N=C(c2ccccc2[N+](=O)[O-])c2cc(C34CC(C3)C4)ccc2-n2cnc(C(N)=O)c21.C[C@@H]1N=C(c2ccccn2)c2cc(C34CC(C3)C4)ccc2-n2cnc(C(N)=O)c21.C[C@H]1N=C(c2ccccc2)c2cc(C34CC(C3)C4)ccc2-n2cnc(C(N)=O)c21.C[C@H]1N=C(c2ccccc2Br)c2cc(C34CC(C3)C4)ccc2-n2cnc(C(N)=O)c21. The van der Waals surface area contributed by atoms with Gasteiger partial charge in [-0.3, -0.25) is 86.9 Å². The van der Waals surface area contributed by atoms with Gasteiger partial charge >= 0.3 is 0 Å². The van der Waals surface area contributed by atoms with Gasteiger partial charge in [-0.1, -0.05) is 147 Å². The molecule has 31 heteroatoms. The molecule has 15 aliphatic carbocycles. The average molecular weight is 2120 g/mol. The number of halogens is 2. The van der Waals surface area contributed by atoms with E-state index < -0.39 is 35.6 Å². The topological polar surface area (TPSA) is 422 Å². The van der Waals surface area contributed by atoms with Crippen molar-refractivity contribution in [2.24, 2.45) is 83.2 Å². The summed E-state index contributed by atoms with van der Waals surface area (Å²) in [6.45, 7) is 9.80. The number of carbonyl (C=O) groups excluding carboxylic acids is 5. The number of nitrogens with zero attached hydrogens (tertiary/aromatic N) is 17. The Labute approximate surface area is 880 Å². The monoisotopic (exact) mass is 2110 g/mol. The molecular formula is C119H106Br2N22O7. The number of hydrogen-bond donors (Lipinski definition) is 5. The predicted octanol–water partition coefficient (Wildman–Crippen LogP) is 20.5. The van der Waals surface area contributed by atoms with Crippen molar-refractivity contribution >= 4 is 95.6 Å². The Morgan fingerprint density at radius 1 is 0.293 bits per heavy atom. The minimum absolute atomic E-state index is 0.000138. The third-order valence-electron chi connectivity index (χ3n) is 35.2. The van der Waals surface area contributed by atoms with Crippen molar-refractivity contribution in [2.45, 2.75) is 188 Å². The Balaban J connectivity index is 0.0000000946. The van der Waals surface area contributed by atoms with Crippen molar-refractivity contribution in [3.63, 3.8) is 0 Å². The second-order valence-electron chi connectivity index (χ2n) is 44.1. The number of carbonyl (C=O) groups is 5. The number of nitro groups is 1. The van der Waals surface area contributed by atoms with E-state index >= 15 is 0 Å². The van der Waals surface area contributed by atoms with Gasteiger partial charge in [0.1, 0.15) is 31.6 Å². The fourth-order valence-corrected chi connectivity index (χ4v) is 28.1. The molecule has 29 nitrogen and oxygen atoms in total. The number of nitro benzene ring substituents is 1. The molecule has 5 aliphatic heterocycles. The third-order valence-corrected chi connectivity index (χ3v) is 36.5. The second-order valence-corrected chi connectivity index (χ2v) is 45.8. The molecule has 10 N–H and O–H groups in total. The number of pyridine rings is 1. The van der Waals surface area contributed by atoms with Gasteiger partial charge in [-0.25, -0.2) is 24.9 Å². The zero-order chi connectivity index (χ0) is 103. The van der Waals surface area contributed by atoms with Gasteiger partial charge in [0, 0.05) is 65.7 Å². The molecule has 35 rings (SSSR count). The lowest BCUT2D eigenvalue weighted by Gasteiger charge is -2.62. The highest BCUT2D eigenvalue weighted by Crippen LogP contribution is 2.69. The van der Waals surface area contributed by atoms with E-state index in [0.717, 1.165) is 163 Å². The zero-order valence-corrected chi connectivity index (χ0v) is 86.3. The first-order chi connectivity index (χ1) is 72.4. The largest absolute Gasteiger partial charge is 0.364 e. The number of rotatable bonds is 16. The molecule has 0 radical (unpaired) electrons. The van der Waals surface area contributed by atoms with Crippen molar-refractivity contribution in [1.29, 1.82) is 0 Å². The standard InChI is InChI=1S/2C24H21BrN4O.C24H21N5O3.C24H22N4O.C23H21N5O/c2*1-13-22-21(23(26)30)27-12-29(22)19-7-6-15(24-9-14(10-24)11-24)8-17(19)20(28-13)16-4-2-3-5-18(16)25;1-13-22-21(23(25)30)26-12-28(22)18-7-6-15(24-9-14(10-24)11-24)8-17(18)20(27-13)16-4-2-3-5-19(16)29(31)32;1-14-22-21(23(25)29)26-13-28(22)19-8-7-17(24-10-15(11-24)12-24)9-18(19)20(27-14)16-5-3-2-4-6-16;1-13-21-20(22(24)29)26-12-28(21)18-6-5-15(23-9-14(10-23)11-23)8-16(18)19(27-13)17-4-2-3-7-25-17/h2*2-8,12-14H,9-11H2,1H3,(H2,26,30);2-8,12-14H,9-11H2,1H3,(H2,25,30);2-9,13-15H,10-12H2,1H3,(H2,25,29);2-8,12-14H,9-11H2,1H3,(H2,24,29)/t3*13-,14?,24?;14-,15?,24?;13-,14?,23?/m10010/s1. The smallest absolute Gasteiger partial charge is 0.278 e. The summed E-state index contributed by atoms with van der Waals surface area (Å²) in [5, 5.41) is 11.8. The van der Waals surface area contributed by atoms with E-state index in [0.29, 0.717) is 44.3 Å². The van der Waals surface area contributed by atoms with Crippen LogP contribution >= 0.6 is 31.9 Å². The predicted molar refractivity (Wildman–Crippen MR) is 578 cm³/mol. The summed E-state index contributed by atoms with van der Waals surface area (Å²) >= 11 is 7.42. The number of amides is 5. The molecule has 15 fully saturated rings. The number of para-hydroxylation sites is 1. The Morgan fingerprint density at radius 2 is 0.540 bits per heavy atom. The van der Waals surface area contributed by atoms with Gasteiger partial charge in [0.05, 0.1) is 132 Å². The fourth-order valence-electron chi connectivity index (χ4n) is 27.1. The highest BCUT2D eigenvalue weighted by atomic mass is 79.9. The maximum atomic E-state index is 12.0. The summed E-state index contributed by atoms with van der Waals surface area (Å²) in [4.78, 5) is 123. The first kappa shape index (κ1) is 94.0. The minimum atomic E-state index is -0.623. The first-order valence-electron chi connectivity index (χ1n) is 51.6. The molecule has 15 saturated carbocycles. The molecule has 5 amide bonds. The van der Waals surface area contributed by atoms with Crippen molar-refractivity contribution in [1.82, 2.24) is 52.7 Å². The van der Waals surface area contributed by atoms with Crippen LogP contribution in [0.1, 0.15) is 326 Å². The number of imidazole rings is 5. The van der Waals surface area contributed by atoms with Crippen molar-refractivity contribution in [3.8, 4) is 28.4 Å². The number of primary amides is 5. The quantitative estimate of drug-likeness (QED) is 0.0444. The van der Waals surface area contributed by atoms with Gasteiger partial charge in [-0.2, -0.15) is 0 Å². The maximum absolute atomic E-state index is 12.0. The van der Waals surface area contributed by atoms with E-state index in [1.807, 2.05) is 136 Å². The van der Waals surface area contributed by atoms with E-state index in [9.17, 15) is 34.1 Å². The average Bonchev–Trinajstić information content (AvgIpc) is 1.05. The third kappa shape index (κ3) is 14.8. The van der Waals surface area contributed by atoms with Crippen LogP contribution in [0.5, 0.6) is 0 Å². The molecule has 10 bridgehead atoms. The van der Waals surface area contributed by atoms with Gasteiger partial charge in [0.25, 0.3) is 35.2 Å². The number of nitrogens with two attached hydrogens (primary N) is 5. The van der Waals surface area contributed by atoms with Crippen LogP contribution in [0.25, 0.3) is 28.4 Å². The highest BCUT2D eigenvalue weighted by Gasteiger charge is 2.62. The zero-order valence-electron chi connectivity index (χ0n) is 83.2. The van der Waals surface area contributed by atoms with Crippen LogP contribution in [-0.4, -0.2) is 116 Å². The van der Waals surface area contributed by atoms with Gasteiger partial charge in [-0.15, -0.1) is 0 Å². The summed E-state index contributed by atoms with van der Waals surface area (Å²) < 4.78 is 11.8. The second kappa shape index (κ2) is 34.9. The number of aliphatic imine (C=N–C) groups is 5. The molecular weight excluding hydrogens is 2010 g/mol. The van der Waals surface area contributed by atoms with Crippen LogP contribution in [0, 0.1) is 39.7 Å². The van der Waals surface area contributed by atoms with Crippen molar-refractivity contribution in [3.05, 3.63) is 410 Å². The molecule has 20 aliphatic rings. The molecule has 6 aromatic heterocycles. The lowest BCUT2D eigenvalue weighted by atomic mass is 9.42. The van der Waals surface area contributed by atoms with E-state index in [2.05, 4.69) is 171 Å². The number of benzene rings is 9. The number of aromatic nitrogens is 11. The summed E-state index contributed by atoms with van der Waals surface area (Å²) in [6, 6.07) is 70.7. The molecule has 150 heavy (non-hydrogen) atoms. The number of hydrogen-bond acceptors (Lipinski definition) is 18. The molecule has 0 saturated heterocycles. The highest BCUT2D eigenvalue weighted by molar-refractivity contribution is 9.10. The van der Waals surface area contributed by atoms with Gasteiger partial charge in [0.2, 0.25) is 0 Å². The van der Waals surface area contributed by atoms with E-state index in [1.54, 1.807) is 56.0 Å². The normalized spacial score (nSPS) is 25.8. The summed E-state index contributed by atoms with van der Waals surface area (Å²) in [5.41, 5.74) is 59.9. The lowest BCUT2D eigenvalue weighted by molar-refractivity contribution is -0.385. The summed E-state index contributed by atoms with van der Waals surface area (Å²) in [7, 11) is 0. The Hall–Kier alpha value is -15.8. The van der Waals surface area contributed by atoms with E-state index in [4.69, 9.17) is 53.6 Å².